The van der Waals surface area contributed by atoms with Crippen molar-refractivity contribution in [1.29, 1.82) is 0 Å². The minimum atomic E-state index is -0.397. The molecule has 4 aliphatic carbocycles. The molecular weight excluding hydrogens is 300 g/mol. The van der Waals surface area contributed by atoms with Gasteiger partial charge in [-0.05, 0) is 60.2 Å². The van der Waals surface area contributed by atoms with Crippen molar-refractivity contribution in [2.75, 3.05) is 0 Å². The number of rotatable bonds is 0. The lowest BCUT2D eigenvalue weighted by Crippen LogP contribution is -2.51. The van der Waals surface area contributed by atoms with Crippen LogP contribution < -0.4 is 0 Å². The zero-order chi connectivity index (χ0) is 17.3. The molecule has 8 unspecified atom stereocenters. The van der Waals surface area contributed by atoms with Gasteiger partial charge < -0.3 is 9.47 Å². The van der Waals surface area contributed by atoms with Gasteiger partial charge in [0.25, 0.3) is 0 Å². The lowest BCUT2D eigenvalue weighted by molar-refractivity contribution is -0.0694. The Morgan fingerprint density at radius 2 is 1.12 bits per heavy atom. The minimum Gasteiger partial charge on any atom is -0.430 e. The molecule has 134 valence electrons. The van der Waals surface area contributed by atoms with E-state index in [1.165, 1.54) is 25.7 Å². The summed E-state index contributed by atoms with van der Waals surface area (Å²) in [6.45, 7) is 14.4. The maximum atomic E-state index is 12.6. The van der Waals surface area contributed by atoms with E-state index >= 15 is 0 Å². The summed E-state index contributed by atoms with van der Waals surface area (Å²) in [6, 6.07) is 0. The van der Waals surface area contributed by atoms with Gasteiger partial charge in [-0.3, -0.25) is 0 Å². The van der Waals surface area contributed by atoms with Gasteiger partial charge in [-0.15, -0.1) is 0 Å². The van der Waals surface area contributed by atoms with E-state index in [9.17, 15) is 4.79 Å². The van der Waals surface area contributed by atoms with Crippen molar-refractivity contribution in [2.24, 2.45) is 45.3 Å². The Labute approximate surface area is 145 Å². The molecule has 24 heavy (non-hydrogen) atoms. The molecule has 5 fully saturated rings. The summed E-state index contributed by atoms with van der Waals surface area (Å²) in [6.07, 6.45) is 4.61. The first kappa shape index (κ1) is 15.5. The van der Waals surface area contributed by atoms with Crippen LogP contribution in [0.2, 0.25) is 0 Å². The molecular formula is C21H32O3. The number of ether oxygens (including phenoxy) is 2. The molecule has 1 saturated heterocycles. The van der Waals surface area contributed by atoms with Crippen LogP contribution in [-0.2, 0) is 9.47 Å². The van der Waals surface area contributed by atoms with Crippen LogP contribution >= 0.6 is 0 Å². The molecule has 1 heterocycles. The highest BCUT2D eigenvalue weighted by atomic mass is 16.7. The molecule has 5 aliphatic rings. The van der Waals surface area contributed by atoms with Crippen molar-refractivity contribution in [2.45, 2.75) is 79.4 Å². The lowest BCUT2D eigenvalue weighted by atomic mass is 9.59. The van der Waals surface area contributed by atoms with Crippen molar-refractivity contribution >= 4 is 6.16 Å². The van der Waals surface area contributed by atoms with E-state index in [-0.39, 0.29) is 33.9 Å². The second-order valence-electron chi connectivity index (χ2n) is 10.7. The van der Waals surface area contributed by atoms with Gasteiger partial charge >= 0.3 is 6.16 Å². The first-order valence-electron chi connectivity index (χ1n) is 10.0. The fraction of sp³-hybridized carbons (Fsp3) is 0.952. The van der Waals surface area contributed by atoms with E-state index < -0.39 is 6.16 Å². The second-order valence-corrected chi connectivity index (χ2v) is 10.7. The van der Waals surface area contributed by atoms with Gasteiger partial charge in [-0.1, -0.05) is 41.5 Å². The van der Waals surface area contributed by atoms with Gasteiger partial charge in [0.2, 0.25) is 0 Å². The Kier molecular flexibility index (Phi) is 2.58. The lowest BCUT2D eigenvalue weighted by Gasteiger charge is -2.46. The second kappa shape index (κ2) is 3.99. The average Bonchev–Trinajstić information content (AvgIpc) is 3.23. The van der Waals surface area contributed by atoms with E-state index in [0.29, 0.717) is 23.7 Å². The number of hydrogen-bond donors (Lipinski definition) is 0. The monoisotopic (exact) mass is 332 g/mol. The molecule has 0 bridgehead atoms. The van der Waals surface area contributed by atoms with Gasteiger partial charge in [-0.25, -0.2) is 4.79 Å². The van der Waals surface area contributed by atoms with Gasteiger partial charge in [0, 0.05) is 10.8 Å². The number of hydrogen-bond acceptors (Lipinski definition) is 3. The summed E-state index contributed by atoms with van der Waals surface area (Å²) in [5, 5.41) is 0. The maximum Gasteiger partial charge on any atom is 0.508 e. The van der Waals surface area contributed by atoms with Crippen LogP contribution in [-0.4, -0.2) is 18.4 Å². The van der Waals surface area contributed by atoms with E-state index in [4.69, 9.17) is 9.47 Å². The summed E-state index contributed by atoms with van der Waals surface area (Å²) in [5.41, 5.74) is 0.740. The average molecular weight is 332 g/mol. The van der Waals surface area contributed by atoms with Crippen LogP contribution in [0, 0.1) is 45.3 Å². The van der Waals surface area contributed by atoms with Crippen LogP contribution in [0.4, 0.5) is 4.79 Å². The Hall–Kier alpha value is -0.730. The highest BCUT2D eigenvalue weighted by Crippen LogP contribution is 2.96. The Morgan fingerprint density at radius 1 is 0.750 bits per heavy atom. The SMILES string of the molecule is CC1CCC2C(C)(C)C23C1OC(=O)OC1C(C)CCC2C(C)(C)C123. The highest BCUT2D eigenvalue weighted by molar-refractivity contribution is 5.63. The van der Waals surface area contributed by atoms with Gasteiger partial charge in [-0.2, -0.15) is 0 Å². The highest BCUT2D eigenvalue weighted by Gasteiger charge is 2.96. The summed E-state index contributed by atoms with van der Waals surface area (Å²) in [7, 11) is 0. The molecule has 3 heteroatoms. The predicted molar refractivity (Wildman–Crippen MR) is 91.3 cm³/mol. The van der Waals surface area contributed by atoms with Crippen molar-refractivity contribution < 1.29 is 14.3 Å². The molecule has 4 saturated carbocycles. The molecule has 3 nitrogen and oxygen atoms in total. The first-order valence-corrected chi connectivity index (χ1v) is 10.0. The van der Waals surface area contributed by atoms with E-state index in [0.717, 1.165) is 0 Å². The summed E-state index contributed by atoms with van der Waals surface area (Å²) >= 11 is 0. The molecule has 0 N–H and O–H groups in total. The number of carbonyl (C=O) groups is 1. The zero-order valence-electron chi connectivity index (χ0n) is 16.0. The predicted octanol–water partition coefficient (Wildman–Crippen LogP) is 5.04. The molecule has 0 amide bonds. The largest absolute Gasteiger partial charge is 0.508 e. The molecule has 0 aromatic rings. The van der Waals surface area contributed by atoms with Crippen LogP contribution in [0.5, 0.6) is 0 Å². The molecule has 0 aromatic carbocycles. The summed E-state index contributed by atoms with van der Waals surface area (Å²) in [4.78, 5) is 12.6. The third-order valence-electron chi connectivity index (χ3n) is 9.69. The van der Waals surface area contributed by atoms with Crippen LogP contribution in [0.3, 0.4) is 0 Å². The van der Waals surface area contributed by atoms with Gasteiger partial charge in [0.15, 0.2) is 0 Å². The molecule has 2 spiro atoms. The fourth-order valence-electron chi connectivity index (χ4n) is 8.95. The Balaban J connectivity index is 1.77. The minimum absolute atomic E-state index is 0.0401. The van der Waals surface area contributed by atoms with Crippen molar-refractivity contribution in [3.05, 3.63) is 0 Å². The summed E-state index contributed by atoms with van der Waals surface area (Å²) < 4.78 is 12.1. The Morgan fingerprint density at radius 3 is 1.50 bits per heavy atom. The molecule has 8 atom stereocenters. The third-order valence-corrected chi connectivity index (χ3v) is 9.69. The smallest absolute Gasteiger partial charge is 0.430 e. The van der Waals surface area contributed by atoms with E-state index in [1.807, 2.05) is 0 Å². The van der Waals surface area contributed by atoms with E-state index in [1.54, 1.807) is 0 Å². The Bertz CT molecular complexity index is 571. The molecule has 1 aliphatic heterocycles. The van der Waals surface area contributed by atoms with Gasteiger partial charge in [0.05, 0.1) is 0 Å². The number of carbonyl (C=O) groups excluding carboxylic acids is 1. The molecule has 0 radical (unpaired) electrons. The van der Waals surface area contributed by atoms with Crippen LogP contribution in [0.15, 0.2) is 0 Å². The first-order chi connectivity index (χ1) is 11.1. The topological polar surface area (TPSA) is 35.5 Å². The van der Waals surface area contributed by atoms with Crippen molar-refractivity contribution in [1.82, 2.24) is 0 Å². The van der Waals surface area contributed by atoms with Crippen LogP contribution in [0.1, 0.15) is 67.2 Å². The third kappa shape index (κ3) is 1.23. The quantitative estimate of drug-likeness (QED) is 0.583. The zero-order valence-corrected chi connectivity index (χ0v) is 16.0. The standard InChI is InChI=1S/C21H32O3/c1-11-7-9-13-18(3,4)20(13)15(11)23-17(22)24-16-12(2)8-10-14-19(5,6)21(14,16)20/h11-16H,7-10H2,1-6H3. The fourth-order valence-corrected chi connectivity index (χ4v) is 8.95. The van der Waals surface area contributed by atoms with Crippen LogP contribution in [0.25, 0.3) is 0 Å². The van der Waals surface area contributed by atoms with Crippen molar-refractivity contribution in [3.63, 3.8) is 0 Å². The van der Waals surface area contributed by atoms with Crippen molar-refractivity contribution in [3.8, 4) is 0 Å². The summed E-state index contributed by atoms with van der Waals surface area (Å²) in [5.74, 6) is 2.24. The molecule has 0 aromatic heterocycles. The maximum absolute atomic E-state index is 12.6. The van der Waals surface area contributed by atoms with Gasteiger partial charge in [0.1, 0.15) is 12.2 Å². The normalized spacial score (nSPS) is 58.7. The van der Waals surface area contributed by atoms with E-state index in [2.05, 4.69) is 41.5 Å². The molecule has 5 rings (SSSR count).